The van der Waals surface area contributed by atoms with Gasteiger partial charge in [-0.2, -0.15) is 0 Å². The Labute approximate surface area is 97.4 Å². The molecule has 1 heterocycles. The number of nitrogens with one attached hydrogen (secondary N) is 1. The van der Waals surface area contributed by atoms with Crippen molar-refractivity contribution >= 4 is 45.6 Å². The second-order valence-corrected chi connectivity index (χ2v) is 4.27. The highest BCUT2D eigenvalue weighted by molar-refractivity contribution is 9.10. The molecule has 0 amide bonds. The van der Waals surface area contributed by atoms with Crippen molar-refractivity contribution in [3.05, 3.63) is 27.2 Å². The zero-order valence-electron chi connectivity index (χ0n) is 6.94. The number of anilines is 1. The van der Waals surface area contributed by atoms with Gasteiger partial charge < -0.3 is 5.32 Å². The van der Waals surface area contributed by atoms with Crippen molar-refractivity contribution in [1.82, 2.24) is 0 Å². The number of hydrogen-bond acceptors (Lipinski definition) is 1. The number of hydrogen-bond donors (Lipinski definition) is 1. The van der Waals surface area contributed by atoms with Gasteiger partial charge in [-0.05, 0) is 30.5 Å². The fraction of sp³-hybridized carbons (Fsp3) is 0.333. The van der Waals surface area contributed by atoms with E-state index in [9.17, 15) is 0 Å². The minimum atomic E-state index is 0. The SMILES string of the molecule is Cl.Clc1cc(Br)cc2c1NCCC2. The van der Waals surface area contributed by atoms with Crippen molar-refractivity contribution in [3.8, 4) is 0 Å². The van der Waals surface area contributed by atoms with Crippen molar-refractivity contribution in [3.63, 3.8) is 0 Å². The Kier molecular flexibility index (Phi) is 3.89. The number of halogens is 3. The van der Waals surface area contributed by atoms with Crippen LogP contribution < -0.4 is 5.32 Å². The number of fused-ring (bicyclic) bond motifs is 1. The van der Waals surface area contributed by atoms with E-state index in [2.05, 4.69) is 27.3 Å². The molecule has 0 bridgehead atoms. The molecule has 13 heavy (non-hydrogen) atoms. The van der Waals surface area contributed by atoms with E-state index in [0.29, 0.717) is 0 Å². The molecule has 0 aromatic heterocycles. The average molecular weight is 283 g/mol. The first-order valence-corrected chi connectivity index (χ1v) is 5.16. The van der Waals surface area contributed by atoms with Crippen molar-refractivity contribution in [1.29, 1.82) is 0 Å². The standard InChI is InChI=1S/C9H9BrClN.ClH/c10-7-4-6-2-1-3-12-9(6)8(11)5-7;/h4-5,12H,1-3H2;1H. The first-order valence-electron chi connectivity index (χ1n) is 3.99. The molecule has 0 saturated carbocycles. The monoisotopic (exact) mass is 281 g/mol. The van der Waals surface area contributed by atoms with Crippen LogP contribution >= 0.6 is 39.9 Å². The van der Waals surface area contributed by atoms with E-state index in [0.717, 1.165) is 28.1 Å². The van der Waals surface area contributed by atoms with Crippen molar-refractivity contribution in [2.24, 2.45) is 0 Å². The van der Waals surface area contributed by atoms with Gasteiger partial charge in [-0.3, -0.25) is 0 Å². The molecule has 72 valence electrons. The Bertz CT molecular complexity index is 315. The summed E-state index contributed by atoms with van der Waals surface area (Å²) in [5.74, 6) is 0. The van der Waals surface area contributed by atoms with Crippen LogP contribution in [0.3, 0.4) is 0 Å². The highest BCUT2D eigenvalue weighted by Gasteiger charge is 2.11. The molecule has 0 atom stereocenters. The van der Waals surface area contributed by atoms with E-state index in [-0.39, 0.29) is 12.4 Å². The molecular formula is C9H10BrCl2N. The predicted octanol–water partition coefficient (Wildman–Crippen LogP) is 3.88. The minimum Gasteiger partial charge on any atom is -0.384 e. The van der Waals surface area contributed by atoms with E-state index < -0.39 is 0 Å². The quantitative estimate of drug-likeness (QED) is 0.761. The van der Waals surface area contributed by atoms with Gasteiger partial charge in [-0.1, -0.05) is 27.5 Å². The summed E-state index contributed by atoms with van der Waals surface area (Å²) in [6, 6.07) is 4.06. The Balaban J connectivity index is 0.000000845. The second kappa shape index (κ2) is 4.54. The summed E-state index contributed by atoms with van der Waals surface area (Å²) in [4.78, 5) is 0. The maximum absolute atomic E-state index is 6.05. The van der Waals surface area contributed by atoms with Gasteiger partial charge in [-0.15, -0.1) is 12.4 Å². The van der Waals surface area contributed by atoms with Crippen LogP contribution in [0.15, 0.2) is 16.6 Å². The van der Waals surface area contributed by atoms with Crippen LogP contribution in [0.1, 0.15) is 12.0 Å². The summed E-state index contributed by atoms with van der Waals surface area (Å²) in [7, 11) is 0. The number of aryl methyl sites for hydroxylation is 1. The predicted molar refractivity (Wildman–Crippen MR) is 63.2 cm³/mol. The van der Waals surface area contributed by atoms with Crippen molar-refractivity contribution in [2.45, 2.75) is 12.8 Å². The third-order valence-electron chi connectivity index (χ3n) is 2.06. The molecule has 0 fully saturated rings. The molecule has 1 nitrogen and oxygen atoms in total. The fourth-order valence-corrected chi connectivity index (χ4v) is 2.46. The molecular weight excluding hydrogens is 273 g/mol. The second-order valence-electron chi connectivity index (χ2n) is 2.95. The molecule has 0 aliphatic carbocycles. The van der Waals surface area contributed by atoms with Gasteiger partial charge in [0.15, 0.2) is 0 Å². The van der Waals surface area contributed by atoms with Crippen LogP contribution in [0.2, 0.25) is 5.02 Å². The van der Waals surface area contributed by atoms with E-state index >= 15 is 0 Å². The Morgan fingerprint density at radius 3 is 2.92 bits per heavy atom. The molecule has 1 aliphatic rings. The fourth-order valence-electron chi connectivity index (χ4n) is 1.51. The maximum Gasteiger partial charge on any atom is 0.0651 e. The van der Waals surface area contributed by atoms with Gasteiger partial charge in [0.25, 0.3) is 0 Å². The molecule has 1 aromatic rings. The molecule has 2 rings (SSSR count). The Morgan fingerprint density at radius 1 is 1.38 bits per heavy atom. The van der Waals surface area contributed by atoms with E-state index in [1.165, 1.54) is 12.0 Å². The normalized spacial score (nSPS) is 14.0. The lowest BCUT2D eigenvalue weighted by Crippen LogP contribution is -2.11. The summed E-state index contributed by atoms with van der Waals surface area (Å²) in [5, 5.41) is 4.12. The molecule has 1 aromatic carbocycles. The Hall–Kier alpha value is 0.0800. The van der Waals surface area contributed by atoms with Crippen molar-refractivity contribution in [2.75, 3.05) is 11.9 Å². The highest BCUT2D eigenvalue weighted by Crippen LogP contribution is 2.33. The maximum atomic E-state index is 6.05. The zero-order valence-corrected chi connectivity index (χ0v) is 10.1. The van der Waals surface area contributed by atoms with E-state index in [1.807, 2.05) is 6.07 Å². The molecule has 1 N–H and O–H groups in total. The van der Waals surface area contributed by atoms with Crippen LogP contribution in [0.4, 0.5) is 5.69 Å². The molecule has 0 saturated heterocycles. The van der Waals surface area contributed by atoms with Gasteiger partial charge in [0, 0.05) is 11.0 Å². The average Bonchev–Trinajstić information content (AvgIpc) is 2.04. The topological polar surface area (TPSA) is 12.0 Å². The first-order chi connectivity index (χ1) is 5.77. The molecule has 4 heteroatoms. The van der Waals surface area contributed by atoms with Gasteiger partial charge >= 0.3 is 0 Å². The number of rotatable bonds is 0. The van der Waals surface area contributed by atoms with Crippen LogP contribution in [-0.4, -0.2) is 6.54 Å². The summed E-state index contributed by atoms with van der Waals surface area (Å²) in [6.07, 6.45) is 2.32. The molecule has 1 aliphatic heterocycles. The van der Waals surface area contributed by atoms with Crippen LogP contribution in [0.5, 0.6) is 0 Å². The third kappa shape index (κ3) is 2.30. The summed E-state index contributed by atoms with van der Waals surface area (Å²) >= 11 is 9.48. The first kappa shape index (κ1) is 11.2. The van der Waals surface area contributed by atoms with Crippen molar-refractivity contribution < 1.29 is 0 Å². The molecule has 0 spiro atoms. The van der Waals surface area contributed by atoms with Gasteiger partial charge in [-0.25, -0.2) is 0 Å². The van der Waals surface area contributed by atoms with Crippen LogP contribution in [0, 0.1) is 0 Å². The lowest BCUT2D eigenvalue weighted by molar-refractivity contribution is 0.830. The lowest BCUT2D eigenvalue weighted by Gasteiger charge is -2.19. The van der Waals surface area contributed by atoms with E-state index in [1.54, 1.807) is 0 Å². The van der Waals surface area contributed by atoms with E-state index in [4.69, 9.17) is 11.6 Å². The number of benzene rings is 1. The molecule has 0 radical (unpaired) electrons. The van der Waals surface area contributed by atoms with Crippen LogP contribution in [-0.2, 0) is 6.42 Å². The molecule has 0 unspecified atom stereocenters. The zero-order chi connectivity index (χ0) is 8.55. The lowest BCUT2D eigenvalue weighted by atomic mass is 10.0. The highest BCUT2D eigenvalue weighted by atomic mass is 79.9. The summed E-state index contributed by atoms with van der Waals surface area (Å²) < 4.78 is 1.06. The summed E-state index contributed by atoms with van der Waals surface area (Å²) in [5.41, 5.74) is 2.44. The van der Waals surface area contributed by atoms with Gasteiger partial charge in [0.2, 0.25) is 0 Å². The smallest absolute Gasteiger partial charge is 0.0651 e. The summed E-state index contributed by atoms with van der Waals surface area (Å²) in [6.45, 7) is 1.04. The van der Waals surface area contributed by atoms with Gasteiger partial charge in [0.1, 0.15) is 0 Å². The van der Waals surface area contributed by atoms with Crippen LogP contribution in [0.25, 0.3) is 0 Å². The minimum absolute atomic E-state index is 0. The largest absolute Gasteiger partial charge is 0.384 e. The Morgan fingerprint density at radius 2 is 2.15 bits per heavy atom. The third-order valence-corrected chi connectivity index (χ3v) is 2.82. The van der Waals surface area contributed by atoms with Gasteiger partial charge in [0.05, 0.1) is 10.7 Å².